The fourth-order valence-electron chi connectivity index (χ4n) is 1.78. The van der Waals surface area contributed by atoms with Crippen molar-refractivity contribution in [3.05, 3.63) is 18.2 Å². The molecule has 126 valence electrons. The Morgan fingerprint density at radius 1 is 1.32 bits per heavy atom. The largest absolute Gasteiger partial charge is 0.425 e. The maximum Gasteiger partial charge on any atom is 0.425 e. The summed E-state index contributed by atoms with van der Waals surface area (Å²) in [5, 5.41) is 9.87. The average molecular weight is 333 g/mol. The molecule has 1 aromatic heterocycles. The molecule has 11 heteroatoms. The van der Waals surface area contributed by atoms with Crippen molar-refractivity contribution in [1.82, 2.24) is 14.5 Å². The van der Waals surface area contributed by atoms with Gasteiger partial charge >= 0.3 is 12.4 Å². The Hall–Kier alpha value is -1.78. The second-order valence-corrected chi connectivity index (χ2v) is 4.76. The highest BCUT2D eigenvalue weighted by atomic mass is 19.4. The van der Waals surface area contributed by atoms with Crippen LogP contribution in [0.3, 0.4) is 0 Å². The average Bonchev–Trinajstić information content (AvgIpc) is 2.71. The lowest BCUT2D eigenvalue weighted by atomic mass is 9.97. The molecule has 1 heterocycles. The van der Waals surface area contributed by atoms with Gasteiger partial charge in [-0.2, -0.15) is 26.3 Å². The fraction of sp³-hybridized carbons (Fsp3) is 0.636. The van der Waals surface area contributed by atoms with Crippen molar-refractivity contribution in [1.29, 1.82) is 0 Å². The van der Waals surface area contributed by atoms with Crippen LogP contribution in [0, 0.1) is 0 Å². The summed E-state index contributed by atoms with van der Waals surface area (Å²) >= 11 is 0. The van der Waals surface area contributed by atoms with Crippen molar-refractivity contribution >= 4 is 5.91 Å². The van der Waals surface area contributed by atoms with Crippen molar-refractivity contribution in [2.75, 3.05) is 13.6 Å². The summed E-state index contributed by atoms with van der Waals surface area (Å²) in [6.07, 6.45) is -9.58. The van der Waals surface area contributed by atoms with Gasteiger partial charge in [-0.05, 0) is 0 Å². The van der Waals surface area contributed by atoms with Crippen LogP contribution in [0.4, 0.5) is 26.3 Å². The van der Waals surface area contributed by atoms with E-state index in [4.69, 9.17) is 0 Å². The molecular weight excluding hydrogens is 320 g/mol. The molecule has 1 amide bonds. The van der Waals surface area contributed by atoms with Gasteiger partial charge in [-0.3, -0.25) is 4.79 Å². The van der Waals surface area contributed by atoms with Crippen LogP contribution >= 0.6 is 0 Å². The van der Waals surface area contributed by atoms with Gasteiger partial charge in [0.15, 0.2) is 5.82 Å². The molecule has 0 bridgehead atoms. The third-order valence-electron chi connectivity index (χ3n) is 2.91. The third kappa shape index (κ3) is 3.90. The predicted octanol–water partition coefficient (Wildman–Crippen LogP) is 1.58. The number of aromatic nitrogens is 2. The van der Waals surface area contributed by atoms with Crippen molar-refractivity contribution < 1.29 is 36.2 Å². The second kappa shape index (κ2) is 5.78. The van der Waals surface area contributed by atoms with Crippen molar-refractivity contribution in [3.8, 4) is 0 Å². The molecule has 0 fully saturated rings. The van der Waals surface area contributed by atoms with E-state index in [9.17, 15) is 36.2 Å². The lowest BCUT2D eigenvalue weighted by molar-refractivity contribution is -0.272. The smallest absolute Gasteiger partial charge is 0.374 e. The van der Waals surface area contributed by atoms with Crippen LogP contribution in [0.5, 0.6) is 0 Å². The second-order valence-electron chi connectivity index (χ2n) is 4.76. The quantitative estimate of drug-likeness (QED) is 0.851. The van der Waals surface area contributed by atoms with Crippen LogP contribution in [0.15, 0.2) is 12.4 Å². The van der Waals surface area contributed by atoms with Gasteiger partial charge in [0.1, 0.15) is 6.54 Å². The lowest BCUT2D eigenvalue weighted by Crippen LogP contribution is -2.49. The fourth-order valence-corrected chi connectivity index (χ4v) is 1.78. The molecule has 0 aromatic carbocycles. The number of halogens is 6. The Labute approximate surface area is 121 Å². The number of carbonyl (C=O) groups excluding carboxylic acids is 1. The molecule has 1 atom stereocenters. The van der Waals surface area contributed by atoms with E-state index < -0.39 is 42.7 Å². The molecule has 0 aliphatic rings. The van der Waals surface area contributed by atoms with Gasteiger partial charge in [0.2, 0.25) is 11.5 Å². The van der Waals surface area contributed by atoms with Gasteiger partial charge in [-0.15, -0.1) is 0 Å². The maximum absolute atomic E-state index is 13.1. The Morgan fingerprint density at radius 2 is 1.86 bits per heavy atom. The molecule has 1 rings (SSSR count). The first-order valence-electron chi connectivity index (χ1n) is 5.85. The summed E-state index contributed by atoms with van der Waals surface area (Å²) in [6, 6.07) is 0. The van der Waals surface area contributed by atoms with Gasteiger partial charge in [0.05, 0.1) is 6.42 Å². The zero-order chi connectivity index (χ0) is 17.3. The van der Waals surface area contributed by atoms with Gasteiger partial charge in [0.25, 0.3) is 0 Å². The molecule has 22 heavy (non-hydrogen) atoms. The normalized spacial score (nSPS) is 15.5. The van der Waals surface area contributed by atoms with Crippen LogP contribution in [-0.2, 0) is 17.4 Å². The van der Waals surface area contributed by atoms with E-state index in [1.54, 1.807) is 0 Å². The molecule has 1 unspecified atom stereocenters. The van der Waals surface area contributed by atoms with E-state index in [1.807, 2.05) is 0 Å². The van der Waals surface area contributed by atoms with Crippen LogP contribution < -0.4 is 0 Å². The summed E-state index contributed by atoms with van der Waals surface area (Å²) < 4.78 is 76.7. The minimum atomic E-state index is -5.29. The van der Waals surface area contributed by atoms with Crippen LogP contribution in [0.2, 0.25) is 0 Å². The van der Waals surface area contributed by atoms with Gasteiger partial charge in [-0.25, -0.2) is 4.98 Å². The molecule has 5 nitrogen and oxygen atoms in total. The molecule has 0 saturated carbocycles. The third-order valence-corrected chi connectivity index (χ3v) is 2.91. The first kappa shape index (κ1) is 18.3. The summed E-state index contributed by atoms with van der Waals surface area (Å²) in [7, 11) is 1.86. The number of hydrogen-bond acceptors (Lipinski definition) is 3. The molecule has 0 aliphatic carbocycles. The monoisotopic (exact) mass is 333 g/mol. The van der Waals surface area contributed by atoms with Gasteiger partial charge < -0.3 is 14.6 Å². The van der Waals surface area contributed by atoms with Crippen molar-refractivity contribution in [3.63, 3.8) is 0 Å². The first-order valence-corrected chi connectivity index (χ1v) is 5.85. The van der Waals surface area contributed by atoms with Gasteiger partial charge in [0, 0.05) is 26.5 Å². The van der Waals surface area contributed by atoms with E-state index in [0.717, 1.165) is 24.0 Å². The zero-order valence-corrected chi connectivity index (χ0v) is 11.5. The van der Waals surface area contributed by atoms with Crippen molar-refractivity contribution in [2.45, 2.75) is 24.4 Å². The SMILES string of the molecule is CN(CC(F)(F)F)C(=O)CC(O)(c1nccn1C)C(F)(F)F. The summed E-state index contributed by atoms with van der Waals surface area (Å²) in [4.78, 5) is 15.0. The number of carbonyl (C=O) groups is 1. The number of aliphatic hydroxyl groups is 1. The summed E-state index contributed by atoms with van der Waals surface area (Å²) in [5.41, 5.74) is -3.68. The minimum absolute atomic E-state index is 0.0691. The highest BCUT2D eigenvalue weighted by Gasteiger charge is 2.59. The van der Waals surface area contributed by atoms with E-state index in [1.165, 1.54) is 0 Å². The standard InChI is InChI=1S/C11H13F6N3O2/c1-19-4-3-18-8(19)9(22,11(15,16)17)5-7(21)20(2)6-10(12,13)14/h3-4,22H,5-6H2,1-2H3. The molecular formula is C11H13F6N3O2. The highest BCUT2D eigenvalue weighted by molar-refractivity contribution is 5.77. The Kier molecular flexibility index (Phi) is 4.80. The van der Waals surface area contributed by atoms with E-state index in [2.05, 4.69) is 4.98 Å². The number of nitrogens with zero attached hydrogens (tertiary/aromatic N) is 3. The number of imidazole rings is 1. The lowest BCUT2D eigenvalue weighted by Gasteiger charge is -2.31. The van der Waals surface area contributed by atoms with Crippen LogP contribution in [0.25, 0.3) is 0 Å². The zero-order valence-electron chi connectivity index (χ0n) is 11.5. The van der Waals surface area contributed by atoms with Crippen LogP contribution in [0.1, 0.15) is 12.2 Å². The summed E-state index contributed by atoms with van der Waals surface area (Å²) in [5.74, 6) is -2.39. The number of rotatable bonds is 4. The minimum Gasteiger partial charge on any atom is -0.374 e. The first-order chi connectivity index (χ1) is 9.78. The molecule has 0 radical (unpaired) electrons. The molecule has 0 spiro atoms. The highest BCUT2D eigenvalue weighted by Crippen LogP contribution is 2.41. The number of amides is 1. The topological polar surface area (TPSA) is 58.4 Å². The number of alkyl halides is 6. The number of hydrogen-bond donors (Lipinski definition) is 1. The number of aryl methyl sites for hydroxylation is 1. The van der Waals surface area contributed by atoms with E-state index >= 15 is 0 Å². The van der Waals surface area contributed by atoms with Crippen LogP contribution in [-0.4, -0.2) is 51.4 Å². The Morgan fingerprint density at radius 3 is 2.23 bits per heavy atom. The van der Waals surface area contributed by atoms with E-state index in [0.29, 0.717) is 7.05 Å². The van der Waals surface area contributed by atoms with Crippen molar-refractivity contribution in [2.24, 2.45) is 7.05 Å². The Bertz CT molecular complexity index is 539. The molecule has 0 saturated heterocycles. The molecule has 0 aliphatic heterocycles. The predicted molar refractivity (Wildman–Crippen MR) is 61.5 cm³/mol. The molecule has 1 N–H and O–H groups in total. The Balaban J connectivity index is 3.07. The summed E-state index contributed by atoms with van der Waals surface area (Å²) in [6.45, 7) is -1.72. The maximum atomic E-state index is 13.1. The van der Waals surface area contributed by atoms with E-state index in [-0.39, 0.29) is 4.90 Å². The van der Waals surface area contributed by atoms with Gasteiger partial charge in [-0.1, -0.05) is 0 Å². The molecule has 1 aromatic rings.